The van der Waals surface area contributed by atoms with Crippen molar-refractivity contribution in [1.82, 2.24) is 5.32 Å². The Labute approximate surface area is 107 Å². The van der Waals surface area contributed by atoms with Crippen LogP contribution in [0, 0.1) is 10.5 Å². The quantitative estimate of drug-likeness (QED) is 0.680. The number of phenolic OH excluding ortho intramolecular Hbond substituents is 1. The van der Waals surface area contributed by atoms with Crippen molar-refractivity contribution in [2.24, 2.45) is 0 Å². The Balaban J connectivity index is 2.44. The van der Waals surface area contributed by atoms with Gasteiger partial charge in [-0.1, -0.05) is 0 Å². The molecule has 86 valence electrons. The second-order valence-electron chi connectivity index (χ2n) is 3.95. The Kier molecular flexibility index (Phi) is 3.07. The number of nitrogens with one attached hydrogen (secondary N) is 1. The minimum Gasteiger partial charge on any atom is -0.507 e. The first-order valence-corrected chi connectivity index (χ1v) is 6.04. The summed E-state index contributed by atoms with van der Waals surface area (Å²) in [5.74, 6) is -0.527. The van der Waals surface area contributed by atoms with Crippen molar-refractivity contribution in [3.8, 4) is 5.75 Å². The first-order chi connectivity index (χ1) is 7.50. The Morgan fingerprint density at radius 2 is 2.31 bits per heavy atom. The molecule has 1 heterocycles. The minimum atomic E-state index is -0.827. The highest BCUT2D eigenvalue weighted by Crippen LogP contribution is 2.31. The van der Waals surface area contributed by atoms with Crippen LogP contribution < -0.4 is 5.32 Å². The van der Waals surface area contributed by atoms with E-state index in [2.05, 4.69) is 27.9 Å². The average molecular weight is 333 g/mol. The molecule has 1 aliphatic heterocycles. The number of rotatable bonds is 1. The zero-order valence-corrected chi connectivity index (χ0v) is 10.9. The van der Waals surface area contributed by atoms with Gasteiger partial charge in [0.05, 0.1) is 3.57 Å². The van der Waals surface area contributed by atoms with Crippen molar-refractivity contribution in [1.29, 1.82) is 0 Å². The lowest BCUT2D eigenvalue weighted by Gasteiger charge is -2.25. The number of halogens is 1. The lowest BCUT2D eigenvalue weighted by Crippen LogP contribution is -2.41. The molecule has 0 bridgehead atoms. The third-order valence-electron chi connectivity index (χ3n) is 2.97. The van der Waals surface area contributed by atoms with Gasteiger partial charge in [-0.15, -0.1) is 0 Å². The smallest absolute Gasteiger partial charge is 0.321 e. The third kappa shape index (κ3) is 1.89. The molecule has 0 aliphatic carbocycles. The molecule has 1 atom stereocenters. The average Bonchev–Trinajstić information content (AvgIpc) is 2.25. The van der Waals surface area contributed by atoms with Gasteiger partial charge in [0.2, 0.25) is 0 Å². The highest BCUT2D eigenvalue weighted by molar-refractivity contribution is 14.1. The van der Waals surface area contributed by atoms with E-state index in [9.17, 15) is 9.90 Å². The molecule has 1 aliphatic rings. The van der Waals surface area contributed by atoms with Crippen molar-refractivity contribution >= 4 is 28.6 Å². The number of aromatic hydroxyl groups is 1. The van der Waals surface area contributed by atoms with E-state index in [1.165, 1.54) is 0 Å². The zero-order valence-electron chi connectivity index (χ0n) is 8.75. The van der Waals surface area contributed by atoms with Crippen LogP contribution in [0.25, 0.3) is 0 Å². The number of benzene rings is 1. The van der Waals surface area contributed by atoms with Gasteiger partial charge in [-0.25, -0.2) is 0 Å². The lowest BCUT2D eigenvalue weighted by molar-refractivity contribution is -0.139. The van der Waals surface area contributed by atoms with Crippen LogP contribution in [0.2, 0.25) is 0 Å². The lowest BCUT2D eigenvalue weighted by atomic mass is 9.92. The molecule has 4 nitrogen and oxygen atoms in total. The molecule has 0 radical (unpaired) electrons. The highest BCUT2D eigenvalue weighted by Gasteiger charge is 2.26. The number of aliphatic carboxylic acids is 1. The number of hydrogen-bond acceptors (Lipinski definition) is 3. The molecular weight excluding hydrogens is 321 g/mol. The molecule has 0 saturated carbocycles. The van der Waals surface area contributed by atoms with Crippen LogP contribution in [0.1, 0.15) is 16.7 Å². The number of hydrogen-bond donors (Lipinski definition) is 3. The van der Waals surface area contributed by atoms with Crippen LogP contribution in [-0.4, -0.2) is 22.2 Å². The molecule has 5 heteroatoms. The Bertz CT molecular complexity index is 459. The first-order valence-electron chi connectivity index (χ1n) is 4.96. The van der Waals surface area contributed by atoms with E-state index in [1.54, 1.807) is 0 Å². The van der Waals surface area contributed by atoms with Gasteiger partial charge in [-0.05, 0) is 58.7 Å². The van der Waals surface area contributed by atoms with Gasteiger partial charge < -0.3 is 10.2 Å². The summed E-state index contributed by atoms with van der Waals surface area (Å²) in [4.78, 5) is 10.9. The second kappa shape index (κ2) is 4.21. The Hall–Kier alpha value is -0.820. The van der Waals surface area contributed by atoms with Crippen molar-refractivity contribution in [3.63, 3.8) is 0 Å². The van der Waals surface area contributed by atoms with E-state index < -0.39 is 12.0 Å². The second-order valence-corrected chi connectivity index (χ2v) is 5.11. The molecule has 16 heavy (non-hydrogen) atoms. The molecule has 0 unspecified atom stereocenters. The predicted octanol–water partition coefficient (Wildman–Crippen LogP) is 1.40. The van der Waals surface area contributed by atoms with Crippen molar-refractivity contribution in [3.05, 3.63) is 26.3 Å². The van der Waals surface area contributed by atoms with Crippen molar-refractivity contribution < 1.29 is 15.0 Å². The predicted molar refractivity (Wildman–Crippen MR) is 67.5 cm³/mol. The number of carboxylic acids is 1. The van der Waals surface area contributed by atoms with Gasteiger partial charge in [-0.3, -0.25) is 10.1 Å². The highest BCUT2D eigenvalue weighted by atomic mass is 127. The van der Waals surface area contributed by atoms with E-state index in [0.29, 0.717) is 18.7 Å². The van der Waals surface area contributed by atoms with Gasteiger partial charge in [0.15, 0.2) is 0 Å². The normalized spacial score (nSPS) is 19.2. The van der Waals surface area contributed by atoms with Crippen LogP contribution in [0.3, 0.4) is 0 Å². The van der Waals surface area contributed by atoms with Crippen LogP contribution in [-0.2, 0) is 17.8 Å². The number of fused-ring (bicyclic) bond motifs is 1. The van der Waals surface area contributed by atoms with E-state index in [1.807, 2.05) is 13.0 Å². The fourth-order valence-corrected chi connectivity index (χ4v) is 2.77. The summed E-state index contributed by atoms with van der Waals surface area (Å²) in [7, 11) is 0. The van der Waals surface area contributed by atoms with Crippen LogP contribution in [0.4, 0.5) is 0 Å². The summed E-state index contributed by atoms with van der Waals surface area (Å²) in [6.45, 7) is 2.36. The summed E-state index contributed by atoms with van der Waals surface area (Å²) >= 11 is 2.06. The monoisotopic (exact) mass is 333 g/mol. The molecule has 1 aromatic rings. The number of phenols is 1. The first kappa shape index (κ1) is 11.7. The zero-order chi connectivity index (χ0) is 11.9. The van der Waals surface area contributed by atoms with Crippen LogP contribution in [0.5, 0.6) is 5.75 Å². The third-order valence-corrected chi connectivity index (χ3v) is 3.79. The fraction of sp³-hybridized carbons (Fsp3) is 0.364. The van der Waals surface area contributed by atoms with E-state index in [0.717, 1.165) is 20.3 Å². The summed E-state index contributed by atoms with van der Waals surface area (Å²) in [5, 5.41) is 21.7. The Morgan fingerprint density at radius 3 is 2.94 bits per heavy atom. The van der Waals surface area contributed by atoms with Crippen LogP contribution in [0.15, 0.2) is 6.07 Å². The maximum Gasteiger partial charge on any atom is 0.321 e. The Morgan fingerprint density at radius 1 is 1.62 bits per heavy atom. The maximum absolute atomic E-state index is 10.9. The van der Waals surface area contributed by atoms with E-state index in [-0.39, 0.29) is 0 Å². The largest absolute Gasteiger partial charge is 0.507 e. The van der Waals surface area contributed by atoms with E-state index >= 15 is 0 Å². The van der Waals surface area contributed by atoms with Gasteiger partial charge in [0.25, 0.3) is 0 Å². The number of carbonyl (C=O) groups is 1. The molecule has 0 aromatic heterocycles. The minimum absolute atomic E-state index is 0.301. The van der Waals surface area contributed by atoms with Crippen molar-refractivity contribution in [2.75, 3.05) is 0 Å². The summed E-state index contributed by atoms with van der Waals surface area (Å²) in [6.07, 6.45) is 0.474. The molecule has 0 fully saturated rings. The van der Waals surface area contributed by atoms with Gasteiger partial charge in [0.1, 0.15) is 11.8 Å². The number of carboxylic acid groups (broad SMARTS) is 1. The molecule has 3 N–H and O–H groups in total. The fourth-order valence-electron chi connectivity index (χ4n) is 1.99. The summed E-state index contributed by atoms with van der Waals surface area (Å²) < 4.78 is 0.778. The standard InChI is InChI=1S/C11H12INO3/c1-5-7-4-13-9(11(15)16)3-6(7)2-8(12)10(5)14/h2,9,13-14H,3-4H2,1H3,(H,15,16)/t9-/m0/s1. The van der Waals surface area contributed by atoms with Gasteiger partial charge in [-0.2, -0.15) is 0 Å². The van der Waals surface area contributed by atoms with Crippen molar-refractivity contribution in [2.45, 2.75) is 25.9 Å². The molecule has 1 aromatic carbocycles. The SMILES string of the molecule is Cc1c(O)c(I)cc2c1CN[C@H](C(=O)O)C2. The molecule has 0 spiro atoms. The molecule has 2 rings (SSSR count). The maximum atomic E-state index is 10.9. The summed E-state index contributed by atoms with van der Waals surface area (Å²) in [5.41, 5.74) is 2.89. The molecule has 0 saturated heterocycles. The molecule has 0 amide bonds. The topological polar surface area (TPSA) is 69.6 Å². The van der Waals surface area contributed by atoms with E-state index in [4.69, 9.17) is 5.11 Å². The summed E-state index contributed by atoms with van der Waals surface area (Å²) in [6, 6.07) is 1.35. The van der Waals surface area contributed by atoms with Gasteiger partial charge >= 0.3 is 5.97 Å². The molecular formula is C11H12INO3. The van der Waals surface area contributed by atoms with Crippen LogP contribution >= 0.6 is 22.6 Å². The van der Waals surface area contributed by atoms with Gasteiger partial charge in [0, 0.05) is 6.54 Å².